The second-order valence-electron chi connectivity index (χ2n) is 10.4. The Morgan fingerprint density at radius 1 is 1.12 bits per heavy atom. The van der Waals surface area contributed by atoms with Gasteiger partial charge in [-0.15, -0.1) is 0 Å². The molecule has 4 heteroatoms. The van der Waals surface area contributed by atoms with Crippen LogP contribution >= 0.6 is 0 Å². The minimum absolute atomic E-state index is 0.0611. The molecule has 0 saturated carbocycles. The summed E-state index contributed by atoms with van der Waals surface area (Å²) in [7, 11) is 0. The van der Waals surface area contributed by atoms with E-state index in [0.717, 1.165) is 47.8 Å². The van der Waals surface area contributed by atoms with Crippen LogP contribution < -0.4 is 5.32 Å². The van der Waals surface area contributed by atoms with Crippen molar-refractivity contribution in [2.75, 3.05) is 13.1 Å². The third-order valence-electron chi connectivity index (χ3n) is 8.21. The zero-order valence-electron chi connectivity index (χ0n) is 20.0. The van der Waals surface area contributed by atoms with Crippen LogP contribution in [0.25, 0.3) is 10.9 Å². The van der Waals surface area contributed by atoms with E-state index < -0.39 is 5.41 Å². The van der Waals surface area contributed by atoms with Crippen LogP contribution in [-0.4, -0.2) is 34.9 Å². The molecule has 5 atom stereocenters. The number of fused-ring (bicyclic) bond motifs is 4. The van der Waals surface area contributed by atoms with E-state index in [9.17, 15) is 4.79 Å². The van der Waals surface area contributed by atoms with Crippen molar-refractivity contribution >= 4 is 16.8 Å². The molecule has 1 amide bonds. The zero-order chi connectivity index (χ0) is 23.0. The van der Waals surface area contributed by atoms with Gasteiger partial charge in [0.15, 0.2) is 0 Å². The third-order valence-corrected chi connectivity index (χ3v) is 8.21. The number of aromatic nitrogens is 1. The highest BCUT2D eigenvalue weighted by Gasteiger charge is 2.44. The number of pyridine rings is 1. The number of piperidine rings is 3. The summed E-state index contributed by atoms with van der Waals surface area (Å²) < 4.78 is 0. The first-order valence-electron chi connectivity index (χ1n) is 12.4. The number of hydrogen-bond acceptors (Lipinski definition) is 3. The molecule has 1 unspecified atom stereocenters. The number of carbonyl (C=O) groups excluding carboxylic acids is 1. The SMILES string of the molecule is CC[C@H]1CN2CC[C@@H]1C[C@@H]2[C@H](NC(=O)C(C)(C)c1ccccc1)c1ccnc2ccccc12. The highest BCUT2D eigenvalue weighted by atomic mass is 16.2. The second-order valence-corrected chi connectivity index (χ2v) is 10.4. The number of para-hydroxylation sites is 1. The van der Waals surface area contributed by atoms with Gasteiger partial charge in [0.2, 0.25) is 5.91 Å². The van der Waals surface area contributed by atoms with Gasteiger partial charge in [0.05, 0.1) is 17.0 Å². The van der Waals surface area contributed by atoms with Crippen LogP contribution in [0.2, 0.25) is 0 Å². The van der Waals surface area contributed by atoms with Crippen LogP contribution in [0.5, 0.6) is 0 Å². The Morgan fingerprint density at radius 2 is 1.88 bits per heavy atom. The van der Waals surface area contributed by atoms with Gasteiger partial charge in [0, 0.05) is 24.2 Å². The number of nitrogens with zero attached hydrogens (tertiary/aromatic N) is 2. The molecule has 3 saturated heterocycles. The summed E-state index contributed by atoms with van der Waals surface area (Å²) in [6.07, 6.45) is 5.56. The van der Waals surface area contributed by atoms with Gasteiger partial charge in [-0.3, -0.25) is 14.7 Å². The van der Waals surface area contributed by atoms with E-state index in [2.05, 4.69) is 46.4 Å². The fraction of sp³-hybridized carbons (Fsp3) is 0.448. The summed E-state index contributed by atoms with van der Waals surface area (Å²) in [4.78, 5) is 21.0. The topological polar surface area (TPSA) is 45.2 Å². The van der Waals surface area contributed by atoms with Crippen molar-refractivity contribution in [3.63, 3.8) is 0 Å². The molecule has 1 N–H and O–H groups in total. The fourth-order valence-corrected chi connectivity index (χ4v) is 6.07. The molecule has 4 heterocycles. The van der Waals surface area contributed by atoms with Crippen LogP contribution in [0.15, 0.2) is 66.9 Å². The van der Waals surface area contributed by atoms with Gasteiger partial charge in [-0.05, 0) is 68.3 Å². The summed E-state index contributed by atoms with van der Waals surface area (Å²) >= 11 is 0. The molecule has 0 aliphatic carbocycles. The van der Waals surface area contributed by atoms with Crippen LogP contribution in [0.4, 0.5) is 0 Å². The molecule has 3 aromatic rings. The maximum atomic E-state index is 13.8. The van der Waals surface area contributed by atoms with Crippen LogP contribution in [0.3, 0.4) is 0 Å². The van der Waals surface area contributed by atoms with Crippen molar-refractivity contribution in [2.24, 2.45) is 11.8 Å². The molecule has 3 aliphatic rings. The average Bonchev–Trinajstić information content (AvgIpc) is 2.87. The predicted molar refractivity (Wildman–Crippen MR) is 134 cm³/mol. The fourth-order valence-electron chi connectivity index (χ4n) is 6.07. The summed E-state index contributed by atoms with van der Waals surface area (Å²) in [6.45, 7) is 8.64. The summed E-state index contributed by atoms with van der Waals surface area (Å²) in [5.74, 6) is 1.61. The van der Waals surface area contributed by atoms with Crippen molar-refractivity contribution in [1.29, 1.82) is 0 Å². The van der Waals surface area contributed by atoms with Gasteiger partial charge < -0.3 is 5.32 Å². The van der Waals surface area contributed by atoms with Gasteiger partial charge in [0.25, 0.3) is 0 Å². The Hall–Kier alpha value is -2.72. The molecule has 172 valence electrons. The van der Waals surface area contributed by atoms with Crippen molar-refractivity contribution in [1.82, 2.24) is 15.2 Å². The van der Waals surface area contributed by atoms with E-state index in [0.29, 0.717) is 6.04 Å². The molecular weight excluding hydrogens is 406 g/mol. The maximum Gasteiger partial charge on any atom is 0.230 e. The van der Waals surface area contributed by atoms with Crippen molar-refractivity contribution in [3.05, 3.63) is 78.0 Å². The lowest BCUT2D eigenvalue weighted by molar-refractivity contribution is -0.127. The van der Waals surface area contributed by atoms with Gasteiger partial charge >= 0.3 is 0 Å². The lowest BCUT2D eigenvalue weighted by atomic mass is 9.72. The quantitative estimate of drug-likeness (QED) is 0.550. The molecule has 2 aromatic carbocycles. The van der Waals surface area contributed by atoms with Gasteiger partial charge in [-0.2, -0.15) is 0 Å². The standard InChI is InChI=1S/C29H35N3O/c1-4-20-19-32-17-15-21(20)18-26(32)27(24-14-16-30-25-13-9-8-12-23(24)25)31-28(33)29(2,3)22-10-6-5-7-11-22/h5-14,16,20-21,26-27H,4,15,17-19H2,1-3H3,(H,31,33)/t20-,21+,26+,27+/m0/s1. The largest absolute Gasteiger partial charge is 0.347 e. The smallest absolute Gasteiger partial charge is 0.230 e. The highest BCUT2D eigenvalue weighted by molar-refractivity contribution is 5.89. The monoisotopic (exact) mass is 441 g/mol. The summed E-state index contributed by atoms with van der Waals surface area (Å²) in [5, 5.41) is 4.68. The van der Waals surface area contributed by atoms with E-state index in [1.54, 1.807) is 0 Å². The maximum absolute atomic E-state index is 13.8. The highest BCUT2D eigenvalue weighted by Crippen LogP contribution is 2.43. The summed E-state index contributed by atoms with van der Waals surface area (Å²) in [5.41, 5.74) is 2.59. The van der Waals surface area contributed by atoms with Gasteiger partial charge in [0.1, 0.15) is 0 Å². The van der Waals surface area contributed by atoms with E-state index in [1.165, 1.54) is 18.4 Å². The van der Waals surface area contributed by atoms with E-state index in [-0.39, 0.29) is 11.9 Å². The number of carbonyl (C=O) groups is 1. The number of nitrogens with one attached hydrogen (secondary N) is 1. The van der Waals surface area contributed by atoms with Crippen LogP contribution in [0, 0.1) is 11.8 Å². The number of hydrogen-bond donors (Lipinski definition) is 1. The normalized spacial score (nSPS) is 25.7. The lowest BCUT2D eigenvalue weighted by Crippen LogP contribution is -2.58. The molecule has 2 bridgehead atoms. The number of rotatable bonds is 6. The minimum Gasteiger partial charge on any atom is -0.347 e. The first-order chi connectivity index (χ1) is 16.0. The zero-order valence-corrected chi connectivity index (χ0v) is 20.0. The molecule has 6 rings (SSSR count). The predicted octanol–water partition coefficient (Wildman–Crippen LogP) is 5.49. The van der Waals surface area contributed by atoms with Gasteiger partial charge in [-0.25, -0.2) is 0 Å². The van der Waals surface area contributed by atoms with Crippen LogP contribution in [0.1, 0.15) is 57.2 Å². The molecule has 3 aliphatic heterocycles. The molecule has 33 heavy (non-hydrogen) atoms. The van der Waals surface area contributed by atoms with E-state index >= 15 is 0 Å². The van der Waals surface area contributed by atoms with E-state index in [4.69, 9.17) is 0 Å². The van der Waals surface area contributed by atoms with Crippen molar-refractivity contribution < 1.29 is 4.79 Å². The molecule has 0 radical (unpaired) electrons. The van der Waals surface area contributed by atoms with Crippen LogP contribution in [-0.2, 0) is 10.2 Å². The number of benzene rings is 2. The lowest BCUT2D eigenvalue weighted by Gasteiger charge is -2.52. The second kappa shape index (κ2) is 8.90. The Morgan fingerprint density at radius 3 is 2.61 bits per heavy atom. The summed E-state index contributed by atoms with van der Waals surface area (Å²) in [6, 6.07) is 20.8. The Balaban J connectivity index is 1.53. The molecule has 1 aromatic heterocycles. The van der Waals surface area contributed by atoms with Gasteiger partial charge in [-0.1, -0.05) is 61.9 Å². The Bertz CT molecular complexity index is 1120. The average molecular weight is 442 g/mol. The molecule has 4 nitrogen and oxygen atoms in total. The van der Waals surface area contributed by atoms with E-state index in [1.807, 2.05) is 56.4 Å². The molecule has 3 fully saturated rings. The molecule has 0 spiro atoms. The third kappa shape index (κ3) is 4.06. The first kappa shape index (κ1) is 22.1. The van der Waals surface area contributed by atoms with Crippen molar-refractivity contribution in [2.45, 2.75) is 57.5 Å². The first-order valence-corrected chi connectivity index (χ1v) is 12.4. The Labute approximate surface area is 197 Å². The minimum atomic E-state index is -0.614. The molecular formula is C29H35N3O. The Kier molecular flexibility index (Phi) is 5.96. The number of amides is 1. The van der Waals surface area contributed by atoms with Crippen molar-refractivity contribution in [3.8, 4) is 0 Å².